The first-order chi connectivity index (χ1) is 5.77. The SMILES string of the molecule is CC(=O)c1cc2cccnn2c1. The molecule has 0 atom stereocenters. The highest BCUT2D eigenvalue weighted by atomic mass is 16.1. The minimum atomic E-state index is 0.0699. The number of rotatable bonds is 1. The number of carbonyl (C=O) groups is 1. The summed E-state index contributed by atoms with van der Waals surface area (Å²) >= 11 is 0. The van der Waals surface area contributed by atoms with E-state index in [4.69, 9.17) is 0 Å². The zero-order chi connectivity index (χ0) is 8.55. The molecule has 0 amide bonds. The molecule has 0 radical (unpaired) electrons. The van der Waals surface area contributed by atoms with Gasteiger partial charge in [-0.25, -0.2) is 4.52 Å². The molecule has 3 heteroatoms. The Morgan fingerprint density at radius 1 is 1.58 bits per heavy atom. The predicted octanol–water partition coefficient (Wildman–Crippen LogP) is 1.54. The van der Waals surface area contributed by atoms with Gasteiger partial charge in [0.25, 0.3) is 0 Å². The molecule has 0 aliphatic carbocycles. The van der Waals surface area contributed by atoms with E-state index in [1.807, 2.05) is 18.2 Å². The van der Waals surface area contributed by atoms with E-state index in [9.17, 15) is 4.79 Å². The Hall–Kier alpha value is -1.64. The molecule has 3 nitrogen and oxygen atoms in total. The number of hydrogen-bond donors (Lipinski definition) is 0. The molecule has 0 N–H and O–H groups in total. The number of Topliss-reactive ketones (excluding diaryl/α,β-unsaturated/α-hetero) is 1. The van der Waals surface area contributed by atoms with Crippen LogP contribution in [0.15, 0.2) is 30.6 Å². The zero-order valence-electron chi connectivity index (χ0n) is 6.69. The second kappa shape index (κ2) is 2.44. The van der Waals surface area contributed by atoms with Gasteiger partial charge in [-0.2, -0.15) is 5.10 Å². The van der Waals surface area contributed by atoms with Crippen LogP contribution < -0.4 is 0 Å². The van der Waals surface area contributed by atoms with Crippen molar-refractivity contribution in [2.45, 2.75) is 6.92 Å². The number of carbonyl (C=O) groups excluding carboxylic acids is 1. The van der Waals surface area contributed by atoms with Crippen molar-refractivity contribution in [1.29, 1.82) is 0 Å². The molecule has 12 heavy (non-hydrogen) atoms. The fourth-order valence-electron chi connectivity index (χ4n) is 1.14. The third-order valence-corrected chi connectivity index (χ3v) is 1.78. The second-order valence-corrected chi connectivity index (χ2v) is 2.68. The summed E-state index contributed by atoms with van der Waals surface area (Å²) in [7, 11) is 0. The van der Waals surface area contributed by atoms with Crippen molar-refractivity contribution in [2.24, 2.45) is 0 Å². The maximum atomic E-state index is 11.0. The van der Waals surface area contributed by atoms with Crippen molar-refractivity contribution in [2.75, 3.05) is 0 Å². The molecule has 0 bridgehead atoms. The van der Waals surface area contributed by atoms with Gasteiger partial charge in [0, 0.05) is 18.0 Å². The van der Waals surface area contributed by atoms with E-state index in [1.165, 1.54) is 0 Å². The summed E-state index contributed by atoms with van der Waals surface area (Å²) in [5.74, 6) is 0.0699. The molecule has 0 aliphatic heterocycles. The first-order valence-electron chi connectivity index (χ1n) is 3.72. The molecule has 0 unspecified atom stereocenters. The van der Waals surface area contributed by atoms with E-state index in [0.29, 0.717) is 5.56 Å². The average molecular weight is 160 g/mol. The standard InChI is InChI=1S/C9H8N2O/c1-7(12)8-5-9-3-2-4-10-11(9)6-8/h2-6H,1H3. The van der Waals surface area contributed by atoms with E-state index < -0.39 is 0 Å². The molecule has 60 valence electrons. The van der Waals surface area contributed by atoms with E-state index >= 15 is 0 Å². The van der Waals surface area contributed by atoms with Gasteiger partial charge in [-0.05, 0) is 25.1 Å². The third-order valence-electron chi connectivity index (χ3n) is 1.78. The summed E-state index contributed by atoms with van der Waals surface area (Å²) in [6, 6.07) is 5.59. The van der Waals surface area contributed by atoms with Gasteiger partial charge in [-0.3, -0.25) is 4.79 Å². The van der Waals surface area contributed by atoms with Crippen LogP contribution in [0, 0.1) is 0 Å². The summed E-state index contributed by atoms with van der Waals surface area (Å²) in [5, 5.41) is 4.05. The van der Waals surface area contributed by atoms with Crippen LogP contribution in [0.1, 0.15) is 17.3 Å². The van der Waals surface area contributed by atoms with Crippen LogP contribution in [0.2, 0.25) is 0 Å². The lowest BCUT2D eigenvalue weighted by atomic mass is 10.2. The van der Waals surface area contributed by atoms with Crippen molar-refractivity contribution < 1.29 is 4.79 Å². The van der Waals surface area contributed by atoms with Crippen LogP contribution >= 0.6 is 0 Å². The minimum absolute atomic E-state index is 0.0699. The smallest absolute Gasteiger partial charge is 0.161 e. The van der Waals surface area contributed by atoms with Gasteiger partial charge in [0.1, 0.15) is 0 Å². The Balaban J connectivity index is 2.70. The van der Waals surface area contributed by atoms with Crippen molar-refractivity contribution in [1.82, 2.24) is 9.61 Å². The molecule has 0 fully saturated rings. The molecule has 0 aromatic carbocycles. The molecule has 0 saturated carbocycles. The normalized spacial score (nSPS) is 10.4. The molecule has 2 heterocycles. The summed E-state index contributed by atoms with van der Waals surface area (Å²) in [4.78, 5) is 11.0. The summed E-state index contributed by atoms with van der Waals surface area (Å²) < 4.78 is 1.69. The summed E-state index contributed by atoms with van der Waals surface area (Å²) in [6.45, 7) is 1.55. The van der Waals surface area contributed by atoms with Crippen LogP contribution in [0.3, 0.4) is 0 Å². The van der Waals surface area contributed by atoms with E-state index in [2.05, 4.69) is 5.10 Å². The molecule has 0 spiro atoms. The third kappa shape index (κ3) is 0.993. The molecule has 0 aliphatic rings. The highest BCUT2D eigenvalue weighted by molar-refractivity contribution is 5.95. The van der Waals surface area contributed by atoms with Crippen molar-refractivity contribution in [3.8, 4) is 0 Å². The molecule has 2 aromatic heterocycles. The Labute approximate surface area is 69.6 Å². The average Bonchev–Trinajstić information content (AvgIpc) is 2.46. The van der Waals surface area contributed by atoms with Gasteiger partial charge in [-0.1, -0.05) is 0 Å². The Morgan fingerprint density at radius 3 is 3.08 bits per heavy atom. The second-order valence-electron chi connectivity index (χ2n) is 2.68. The van der Waals surface area contributed by atoms with Crippen LogP contribution in [0.4, 0.5) is 0 Å². The van der Waals surface area contributed by atoms with E-state index in [1.54, 1.807) is 23.8 Å². The zero-order valence-corrected chi connectivity index (χ0v) is 6.69. The van der Waals surface area contributed by atoms with Gasteiger partial charge in [0.15, 0.2) is 5.78 Å². The van der Waals surface area contributed by atoms with Crippen molar-refractivity contribution in [3.05, 3.63) is 36.2 Å². The predicted molar refractivity (Wildman–Crippen MR) is 45.2 cm³/mol. The molecule has 2 aromatic rings. The van der Waals surface area contributed by atoms with Crippen LogP contribution in [-0.4, -0.2) is 15.4 Å². The number of nitrogens with zero attached hydrogens (tertiary/aromatic N) is 2. The molecular formula is C9H8N2O. The van der Waals surface area contributed by atoms with Gasteiger partial charge in [-0.15, -0.1) is 0 Å². The van der Waals surface area contributed by atoms with Crippen LogP contribution in [0.25, 0.3) is 5.52 Å². The molecule has 2 rings (SSSR count). The van der Waals surface area contributed by atoms with Gasteiger partial charge >= 0.3 is 0 Å². The number of aromatic nitrogens is 2. The lowest BCUT2D eigenvalue weighted by molar-refractivity contribution is 0.101. The quantitative estimate of drug-likeness (QED) is 0.593. The Kier molecular flexibility index (Phi) is 1.43. The summed E-state index contributed by atoms with van der Waals surface area (Å²) in [5.41, 5.74) is 1.65. The lowest BCUT2D eigenvalue weighted by Crippen LogP contribution is -1.88. The molecule has 0 saturated heterocycles. The van der Waals surface area contributed by atoms with E-state index in [0.717, 1.165) is 5.52 Å². The minimum Gasteiger partial charge on any atom is -0.294 e. The Bertz CT molecular complexity index is 398. The summed E-state index contributed by atoms with van der Waals surface area (Å²) in [6.07, 6.45) is 3.43. The number of hydrogen-bond acceptors (Lipinski definition) is 2. The number of ketones is 1. The van der Waals surface area contributed by atoms with Crippen molar-refractivity contribution >= 4 is 11.3 Å². The first kappa shape index (κ1) is 7.03. The first-order valence-corrected chi connectivity index (χ1v) is 3.72. The lowest BCUT2D eigenvalue weighted by Gasteiger charge is -1.87. The van der Waals surface area contributed by atoms with Crippen LogP contribution in [-0.2, 0) is 0 Å². The fraction of sp³-hybridized carbons (Fsp3) is 0.111. The number of fused-ring (bicyclic) bond motifs is 1. The van der Waals surface area contributed by atoms with Gasteiger partial charge < -0.3 is 0 Å². The maximum absolute atomic E-state index is 11.0. The monoisotopic (exact) mass is 160 g/mol. The van der Waals surface area contributed by atoms with E-state index in [-0.39, 0.29) is 5.78 Å². The topological polar surface area (TPSA) is 34.4 Å². The van der Waals surface area contributed by atoms with Crippen LogP contribution in [0.5, 0.6) is 0 Å². The highest BCUT2D eigenvalue weighted by Crippen LogP contribution is 2.07. The Morgan fingerprint density at radius 2 is 2.42 bits per heavy atom. The largest absolute Gasteiger partial charge is 0.294 e. The highest BCUT2D eigenvalue weighted by Gasteiger charge is 2.02. The maximum Gasteiger partial charge on any atom is 0.161 e. The van der Waals surface area contributed by atoms with Gasteiger partial charge in [0.05, 0.1) is 5.52 Å². The fourth-order valence-corrected chi connectivity index (χ4v) is 1.14. The van der Waals surface area contributed by atoms with Gasteiger partial charge in [0.2, 0.25) is 0 Å². The molecular weight excluding hydrogens is 152 g/mol. The van der Waals surface area contributed by atoms with Crippen molar-refractivity contribution in [3.63, 3.8) is 0 Å².